The number of nitrogens with one attached hydrogen (secondary N) is 1. The summed E-state index contributed by atoms with van der Waals surface area (Å²) in [6.45, 7) is 4.12. The van der Waals surface area contributed by atoms with Crippen molar-refractivity contribution < 1.29 is 4.79 Å². The highest BCUT2D eigenvalue weighted by Crippen LogP contribution is 2.30. The van der Waals surface area contributed by atoms with Gasteiger partial charge in [-0.3, -0.25) is 9.69 Å². The summed E-state index contributed by atoms with van der Waals surface area (Å²) in [5.41, 5.74) is 3.90. The molecule has 2 aromatic rings. The van der Waals surface area contributed by atoms with Gasteiger partial charge in [-0.25, -0.2) is 0 Å². The molecule has 1 amide bonds. The summed E-state index contributed by atoms with van der Waals surface area (Å²) in [7, 11) is 0. The number of hydrogen-bond acceptors (Lipinski definition) is 2. The fraction of sp³-hybridized carbons (Fsp3) is 0.286. The number of rotatable bonds is 5. The van der Waals surface area contributed by atoms with Crippen molar-refractivity contribution in [3.05, 3.63) is 83.4 Å². The Labute approximate surface area is 144 Å². The Morgan fingerprint density at radius 3 is 2.17 bits per heavy atom. The minimum absolute atomic E-state index is 0.0238. The second-order valence-electron chi connectivity index (χ2n) is 6.26. The molecule has 24 heavy (non-hydrogen) atoms. The van der Waals surface area contributed by atoms with Gasteiger partial charge in [0, 0.05) is 26.6 Å². The van der Waals surface area contributed by atoms with E-state index in [-0.39, 0.29) is 11.9 Å². The van der Waals surface area contributed by atoms with Crippen molar-refractivity contribution in [1.82, 2.24) is 10.2 Å². The largest absolute Gasteiger partial charge is 0.353 e. The van der Waals surface area contributed by atoms with Crippen LogP contribution in [0, 0.1) is 0 Å². The smallest absolute Gasteiger partial charge is 0.217 e. The van der Waals surface area contributed by atoms with Crippen LogP contribution in [0.5, 0.6) is 0 Å². The molecule has 0 aromatic heterocycles. The number of amides is 1. The Morgan fingerprint density at radius 2 is 1.62 bits per heavy atom. The SMILES string of the molecule is CC(=O)NCC1=CCCN(C(c2ccccc2)c2ccccc2)C1. The van der Waals surface area contributed by atoms with E-state index >= 15 is 0 Å². The van der Waals surface area contributed by atoms with Gasteiger partial charge in [-0.05, 0) is 23.1 Å². The lowest BCUT2D eigenvalue weighted by molar-refractivity contribution is -0.118. The van der Waals surface area contributed by atoms with E-state index in [1.165, 1.54) is 16.7 Å². The Hall–Kier alpha value is -2.39. The number of carbonyl (C=O) groups is 1. The molecule has 0 saturated carbocycles. The van der Waals surface area contributed by atoms with Gasteiger partial charge in [0.25, 0.3) is 0 Å². The number of benzene rings is 2. The molecule has 1 heterocycles. The highest BCUT2D eigenvalue weighted by molar-refractivity contribution is 5.73. The van der Waals surface area contributed by atoms with Gasteiger partial charge < -0.3 is 5.32 Å². The van der Waals surface area contributed by atoms with Crippen LogP contribution in [0.3, 0.4) is 0 Å². The predicted molar refractivity (Wildman–Crippen MR) is 97.7 cm³/mol. The van der Waals surface area contributed by atoms with Gasteiger partial charge in [0.1, 0.15) is 0 Å². The van der Waals surface area contributed by atoms with Crippen molar-refractivity contribution in [2.45, 2.75) is 19.4 Å². The Morgan fingerprint density at radius 1 is 1.04 bits per heavy atom. The molecule has 124 valence electrons. The van der Waals surface area contributed by atoms with Crippen molar-refractivity contribution in [2.24, 2.45) is 0 Å². The van der Waals surface area contributed by atoms with Crippen LogP contribution in [0.1, 0.15) is 30.5 Å². The summed E-state index contributed by atoms with van der Waals surface area (Å²) in [4.78, 5) is 13.7. The normalized spacial score (nSPS) is 15.2. The van der Waals surface area contributed by atoms with Gasteiger partial charge >= 0.3 is 0 Å². The van der Waals surface area contributed by atoms with Crippen molar-refractivity contribution in [3.63, 3.8) is 0 Å². The van der Waals surface area contributed by atoms with Crippen LogP contribution >= 0.6 is 0 Å². The second kappa shape index (κ2) is 7.93. The van der Waals surface area contributed by atoms with E-state index in [4.69, 9.17) is 0 Å². The first-order valence-electron chi connectivity index (χ1n) is 8.50. The molecule has 2 aromatic carbocycles. The summed E-state index contributed by atoms with van der Waals surface area (Å²) >= 11 is 0. The predicted octanol–water partition coefficient (Wildman–Crippen LogP) is 3.54. The third-order valence-electron chi connectivity index (χ3n) is 4.42. The van der Waals surface area contributed by atoms with Crippen LogP contribution < -0.4 is 5.32 Å². The van der Waals surface area contributed by atoms with Crippen LogP contribution in [0.2, 0.25) is 0 Å². The van der Waals surface area contributed by atoms with E-state index in [0.717, 1.165) is 19.5 Å². The van der Waals surface area contributed by atoms with E-state index in [1.807, 2.05) is 0 Å². The van der Waals surface area contributed by atoms with Gasteiger partial charge in [0.15, 0.2) is 0 Å². The van der Waals surface area contributed by atoms with Gasteiger partial charge in [-0.1, -0.05) is 66.7 Å². The topological polar surface area (TPSA) is 32.3 Å². The van der Waals surface area contributed by atoms with Crippen LogP contribution in [0.4, 0.5) is 0 Å². The van der Waals surface area contributed by atoms with E-state index in [0.29, 0.717) is 6.54 Å². The molecule has 0 bridgehead atoms. The molecule has 0 spiro atoms. The summed E-state index contributed by atoms with van der Waals surface area (Å²) < 4.78 is 0. The molecule has 1 aliphatic heterocycles. The van der Waals surface area contributed by atoms with Gasteiger partial charge in [0.05, 0.1) is 6.04 Å². The maximum Gasteiger partial charge on any atom is 0.217 e. The average molecular weight is 320 g/mol. The lowest BCUT2D eigenvalue weighted by Gasteiger charge is -2.35. The third-order valence-corrected chi connectivity index (χ3v) is 4.42. The fourth-order valence-corrected chi connectivity index (χ4v) is 3.31. The van der Waals surface area contributed by atoms with Crippen LogP contribution in [-0.2, 0) is 4.79 Å². The summed E-state index contributed by atoms with van der Waals surface area (Å²) in [5, 5.41) is 2.92. The van der Waals surface area contributed by atoms with Crippen LogP contribution in [0.15, 0.2) is 72.3 Å². The van der Waals surface area contributed by atoms with E-state index in [2.05, 4.69) is 77.0 Å². The summed E-state index contributed by atoms with van der Waals surface area (Å²) in [6.07, 6.45) is 3.28. The van der Waals surface area contributed by atoms with Crippen molar-refractivity contribution in [2.75, 3.05) is 19.6 Å². The Kier molecular flexibility index (Phi) is 5.44. The molecular formula is C21H24N2O. The Bertz CT molecular complexity index is 655. The van der Waals surface area contributed by atoms with Crippen molar-refractivity contribution in [3.8, 4) is 0 Å². The zero-order valence-corrected chi connectivity index (χ0v) is 14.1. The van der Waals surface area contributed by atoms with E-state index in [1.54, 1.807) is 6.92 Å². The highest BCUT2D eigenvalue weighted by Gasteiger charge is 2.24. The van der Waals surface area contributed by atoms with Gasteiger partial charge in [-0.15, -0.1) is 0 Å². The Balaban J connectivity index is 1.84. The van der Waals surface area contributed by atoms with Crippen LogP contribution in [-0.4, -0.2) is 30.4 Å². The molecule has 0 aliphatic carbocycles. The average Bonchev–Trinajstić information content (AvgIpc) is 2.62. The second-order valence-corrected chi connectivity index (χ2v) is 6.26. The minimum Gasteiger partial charge on any atom is -0.353 e. The standard InChI is InChI=1S/C21H24N2O/c1-17(24)22-15-18-9-8-14-23(16-18)21(19-10-4-2-5-11-19)20-12-6-3-7-13-20/h2-7,9-13,21H,8,14-16H2,1H3,(H,22,24). The quantitative estimate of drug-likeness (QED) is 0.855. The zero-order valence-electron chi connectivity index (χ0n) is 14.1. The lowest BCUT2D eigenvalue weighted by atomic mass is 9.95. The first-order chi connectivity index (χ1) is 11.7. The van der Waals surface area contributed by atoms with Crippen molar-refractivity contribution in [1.29, 1.82) is 0 Å². The van der Waals surface area contributed by atoms with Gasteiger partial charge in [0.2, 0.25) is 5.91 Å². The fourth-order valence-electron chi connectivity index (χ4n) is 3.31. The first kappa shape index (κ1) is 16.5. The highest BCUT2D eigenvalue weighted by atomic mass is 16.1. The zero-order chi connectivity index (χ0) is 16.8. The van der Waals surface area contributed by atoms with E-state index in [9.17, 15) is 4.79 Å². The molecule has 0 atom stereocenters. The number of nitrogens with zero attached hydrogens (tertiary/aromatic N) is 1. The number of carbonyl (C=O) groups excluding carboxylic acids is 1. The molecule has 0 unspecified atom stereocenters. The molecular weight excluding hydrogens is 296 g/mol. The molecule has 1 N–H and O–H groups in total. The molecule has 3 heteroatoms. The molecule has 0 radical (unpaired) electrons. The number of hydrogen-bond donors (Lipinski definition) is 1. The summed E-state index contributed by atoms with van der Waals surface area (Å²) in [5.74, 6) is 0.0238. The lowest BCUT2D eigenvalue weighted by Crippen LogP contribution is -2.37. The van der Waals surface area contributed by atoms with E-state index < -0.39 is 0 Å². The summed E-state index contributed by atoms with van der Waals surface area (Å²) in [6, 6.07) is 21.6. The first-order valence-corrected chi connectivity index (χ1v) is 8.50. The molecule has 0 saturated heterocycles. The monoisotopic (exact) mass is 320 g/mol. The molecule has 3 rings (SSSR count). The maximum absolute atomic E-state index is 11.2. The van der Waals surface area contributed by atoms with Crippen molar-refractivity contribution >= 4 is 5.91 Å². The molecule has 1 aliphatic rings. The van der Waals surface area contributed by atoms with Gasteiger partial charge in [-0.2, -0.15) is 0 Å². The minimum atomic E-state index is 0.0238. The maximum atomic E-state index is 11.2. The molecule has 0 fully saturated rings. The van der Waals surface area contributed by atoms with Crippen LogP contribution in [0.25, 0.3) is 0 Å². The third kappa shape index (κ3) is 4.12. The molecule has 3 nitrogen and oxygen atoms in total.